The third kappa shape index (κ3) is 3.01. The first-order valence-electron chi connectivity index (χ1n) is 5.31. The molecule has 1 rings (SSSR count). The second-order valence-electron chi connectivity index (χ2n) is 4.08. The first-order chi connectivity index (χ1) is 7.04. The van der Waals surface area contributed by atoms with Gasteiger partial charge in [-0.3, -0.25) is 0 Å². The quantitative estimate of drug-likeness (QED) is 0.790. The van der Waals surface area contributed by atoms with Gasteiger partial charge in [0, 0.05) is 13.1 Å². The number of rotatable bonds is 4. The van der Waals surface area contributed by atoms with Gasteiger partial charge in [-0.05, 0) is 25.0 Å². The summed E-state index contributed by atoms with van der Waals surface area (Å²) in [5.74, 6) is 1.91. The van der Waals surface area contributed by atoms with Crippen molar-refractivity contribution < 1.29 is 0 Å². The molecule has 0 unspecified atom stereocenters. The number of anilines is 3. The van der Waals surface area contributed by atoms with Crippen molar-refractivity contribution in [2.75, 3.05) is 29.5 Å². The highest BCUT2D eigenvalue weighted by Crippen LogP contribution is 2.18. The highest BCUT2D eigenvalue weighted by Gasteiger charge is 2.08. The molecule has 4 heteroatoms. The number of nitrogens with zero attached hydrogens (tertiary/aromatic N) is 2. The van der Waals surface area contributed by atoms with E-state index in [1.54, 1.807) is 6.07 Å². The second-order valence-corrected chi connectivity index (χ2v) is 4.08. The number of nitrogen functional groups attached to an aromatic ring is 2. The van der Waals surface area contributed by atoms with Gasteiger partial charge in [0.2, 0.25) is 0 Å². The van der Waals surface area contributed by atoms with Crippen LogP contribution in [0.3, 0.4) is 0 Å². The average molecular weight is 208 g/mol. The van der Waals surface area contributed by atoms with Crippen LogP contribution in [-0.2, 0) is 0 Å². The fraction of sp³-hybridized carbons (Fsp3) is 0.545. The Bertz CT molecular complexity index is 322. The molecule has 4 nitrogen and oxygen atoms in total. The Morgan fingerprint density at radius 2 is 2.00 bits per heavy atom. The van der Waals surface area contributed by atoms with Gasteiger partial charge in [-0.2, -0.15) is 0 Å². The Balaban J connectivity index is 2.87. The van der Waals surface area contributed by atoms with Crippen LogP contribution in [0.15, 0.2) is 12.1 Å². The van der Waals surface area contributed by atoms with E-state index < -0.39 is 0 Å². The van der Waals surface area contributed by atoms with Gasteiger partial charge in [0.25, 0.3) is 0 Å². The highest BCUT2D eigenvalue weighted by atomic mass is 15.2. The molecule has 0 amide bonds. The van der Waals surface area contributed by atoms with E-state index in [1.807, 2.05) is 6.07 Å². The number of aromatic nitrogens is 1. The summed E-state index contributed by atoms with van der Waals surface area (Å²) in [6.07, 6.45) is 0. The van der Waals surface area contributed by atoms with Crippen LogP contribution in [0.25, 0.3) is 0 Å². The lowest BCUT2D eigenvalue weighted by Crippen LogP contribution is -2.28. The summed E-state index contributed by atoms with van der Waals surface area (Å²) in [6, 6.07) is 3.72. The van der Waals surface area contributed by atoms with Crippen LogP contribution in [0, 0.1) is 5.92 Å². The van der Waals surface area contributed by atoms with Crippen LogP contribution < -0.4 is 16.4 Å². The van der Waals surface area contributed by atoms with E-state index in [0.717, 1.165) is 18.9 Å². The van der Waals surface area contributed by atoms with E-state index in [2.05, 4.69) is 30.7 Å². The van der Waals surface area contributed by atoms with Crippen molar-refractivity contribution in [1.29, 1.82) is 0 Å². The van der Waals surface area contributed by atoms with Gasteiger partial charge in [-0.1, -0.05) is 13.8 Å². The Kier molecular flexibility index (Phi) is 3.77. The van der Waals surface area contributed by atoms with Crippen molar-refractivity contribution >= 4 is 17.3 Å². The van der Waals surface area contributed by atoms with Crippen molar-refractivity contribution in [2.24, 2.45) is 5.92 Å². The minimum Gasteiger partial charge on any atom is -0.396 e. The van der Waals surface area contributed by atoms with Crippen molar-refractivity contribution in [1.82, 2.24) is 4.98 Å². The molecule has 0 aliphatic rings. The predicted octanol–water partition coefficient (Wildman–Crippen LogP) is 1.73. The zero-order valence-corrected chi connectivity index (χ0v) is 9.70. The third-order valence-corrected chi connectivity index (χ3v) is 2.23. The molecule has 15 heavy (non-hydrogen) atoms. The summed E-state index contributed by atoms with van der Waals surface area (Å²) >= 11 is 0. The van der Waals surface area contributed by atoms with Gasteiger partial charge in [0.05, 0.1) is 5.69 Å². The average Bonchev–Trinajstić information content (AvgIpc) is 2.18. The van der Waals surface area contributed by atoms with E-state index >= 15 is 0 Å². The molecule has 84 valence electrons. The van der Waals surface area contributed by atoms with Crippen LogP contribution in [0.4, 0.5) is 17.3 Å². The second kappa shape index (κ2) is 4.87. The molecule has 0 spiro atoms. The van der Waals surface area contributed by atoms with Crippen LogP contribution in [0.2, 0.25) is 0 Å². The zero-order valence-electron chi connectivity index (χ0n) is 9.70. The Morgan fingerprint density at radius 1 is 1.33 bits per heavy atom. The summed E-state index contributed by atoms with van der Waals surface area (Å²) < 4.78 is 0. The smallest absolute Gasteiger partial charge is 0.149 e. The lowest BCUT2D eigenvalue weighted by atomic mass is 10.2. The molecule has 0 saturated heterocycles. The maximum atomic E-state index is 5.68. The lowest BCUT2D eigenvalue weighted by Gasteiger charge is -2.24. The van der Waals surface area contributed by atoms with Gasteiger partial charge in [-0.15, -0.1) is 0 Å². The molecule has 0 bridgehead atoms. The lowest BCUT2D eigenvalue weighted by molar-refractivity contribution is 0.615. The van der Waals surface area contributed by atoms with Crippen molar-refractivity contribution in [2.45, 2.75) is 20.8 Å². The molecule has 0 aliphatic carbocycles. The first kappa shape index (κ1) is 11.6. The van der Waals surface area contributed by atoms with Gasteiger partial charge in [-0.25, -0.2) is 4.98 Å². The van der Waals surface area contributed by atoms with Gasteiger partial charge >= 0.3 is 0 Å². The van der Waals surface area contributed by atoms with E-state index in [1.165, 1.54) is 0 Å². The molecule has 0 saturated carbocycles. The van der Waals surface area contributed by atoms with E-state index in [9.17, 15) is 0 Å². The third-order valence-electron chi connectivity index (χ3n) is 2.23. The van der Waals surface area contributed by atoms with Crippen molar-refractivity contribution in [3.8, 4) is 0 Å². The standard InChI is InChI=1S/C11H20N4/c1-4-15(7-8(2)3)10-6-5-9(12)11(13)14-10/h5-6,8H,4,7,12H2,1-3H3,(H2,13,14). The largest absolute Gasteiger partial charge is 0.396 e. The fourth-order valence-corrected chi connectivity index (χ4v) is 1.48. The topological polar surface area (TPSA) is 68.2 Å². The SMILES string of the molecule is CCN(CC(C)C)c1ccc(N)c(N)n1. The number of pyridine rings is 1. The molecule has 0 aromatic carbocycles. The molecule has 4 N–H and O–H groups in total. The molecule has 1 aromatic rings. The summed E-state index contributed by atoms with van der Waals surface area (Å²) in [7, 11) is 0. The summed E-state index contributed by atoms with van der Waals surface area (Å²) in [6.45, 7) is 8.38. The van der Waals surface area contributed by atoms with E-state index in [4.69, 9.17) is 11.5 Å². The zero-order chi connectivity index (χ0) is 11.4. The fourth-order valence-electron chi connectivity index (χ4n) is 1.48. The summed E-state index contributed by atoms with van der Waals surface area (Å²) in [5, 5.41) is 0. The first-order valence-corrected chi connectivity index (χ1v) is 5.31. The Labute approximate surface area is 91.3 Å². The Hall–Kier alpha value is -1.45. The molecule has 1 heterocycles. The number of hydrogen-bond acceptors (Lipinski definition) is 4. The minimum absolute atomic E-state index is 0.412. The van der Waals surface area contributed by atoms with E-state index in [0.29, 0.717) is 17.4 Å². The monoisotopic (exact) mass is 208 g/mol. The van der Waals surface area contributed by atoms with Crippen molar-refractivity contribution in [3.63, 3.8) is 0 Å². The molecular weight excluding hydrogens is 188 g/mol. The number of hydrogen-bond donors (Lipinski definition) is 2. The summed E-state index contributed by atoms with van der Waals surface area (Å²) in [4.78, 5) is 6.47. The normalized spacial score (nSPS) is 10.7. The van der Waals surface area contributed by atoms with Crippen molar-refractivity contribution in [3.05, 3.63) is 12.1 Å². The van der Waals surface area contributed by atoms with Gasteiger partial charge in [0.15, 0.2) is 0 Å². The maximum absolute atomic E-state index is 5.68. The minimum atomic E-state index is 0.412. The van der Waals surface area contributed by atoms with Crippen LogP contribution in [-0.4, -0.2) is 18.1 Å². The van der Waals surface area contributed by atoms with Gasteiger partial charge in [0.1, 0.15) is 11.6 Å². The molecule has 0 atom stereocenters. The maximum Gasteiger partial charge on any atom is 0.149 e. The van der Waals surface area contributed by atoms with Gasteiger partial charge < -0.3 is 16.4 Å². The number of nitrogens with two attached hydrogens (primary N) is 2. The highest BCUT2D eigenvalue weighted by molar-refractivity contribution is 5.62. The molecular formula is C11H20N4. The van der Waals surface area contributed by atoms with Crippen LogP contribution >= 0.6 is 0 Å². The molecule has 0 fully saturated rings. The molecule has 0 aliphatic heterocycles. The predicted molar refractivity (Wildman–Crippen MR) is 65.8 cm³/mol. The Morgan fingerprint density at radius 3 is 2.47 bits per heavy atom. The van der Waals surface area contributed by atoms with E-state index in [-0.39, 0.29) is 0 Å². The molecule has 0 radical (unpaired) electrons. The van der Waals surface area contributed by atoms with Crippen LogP contribution in [0.1, 0.15) is 20.8 Å². The van der Waals surface area contributed by atoms with Crippen LogP contribution in [0.5, 0.6) is 0 Å². The summed E-state index contributed by atoms with van der Waals surface area (Å²) in [5.41, 5.74) is 11.8. The molecule has 1 aromatic heterocycles.